The summed E-state index contributed by atoms with van der Waals surface area (Å²) in [6.07, 6.45) is 1.34. The molecule has 120 valence electrons. The number of nitrogens with one attached hydrogen (secondary N) is 2. The second-order valence-electron chi connectivity index (χ2n) is 4.52. The number of thiocarbonyl (C=S) groups is 2. The van der Waals surface area contributed by atoms with Crippen molar-refractivity contribution in [1.82, 2.24) is 20.7 Å². The number of hydrazone groups is 2. The third kappa shape index (κ3) is 8.53. The molecule has 21 heavy (non-hydrogen) atoms. The van der Waals surface area contributed by atoms with Crippen LogP contribution in [0.5, 0.6) is 0 Å². The van der Waals surface area contributed by atoms with E-state index in [4.69, 9.17) is 29.2 Å². The van der Waals surface area contributed by atoms with Crippen molar-refractivity contribution in [3.63, 3.8) is 0 Å². The van der Waals surface area contributed by atoms with E-state index in [1.54, 1.807) is 16.0 Å². The van der Waals surface area contributed by atoms with Crippen LogP contribution in [0.4, 0.5) is 0 Å². The van der Waals surface area contributed by atoms with Gasteiger partial charge >= 0.3 is 0 Å². The van der Waals surface area contributed by atoms with E-state index in [9.17, 15) is 0 Å². The minimum absolute atomic E-state index is 0.217. The van der Waals surface area contributed by atoms with Crippen molar-refractivity contribution in [3.8, 4) is 0 Å². The van der Waals surface area contributed by atoms with Crippen molar-refractivity contribution in [1.29, 1.82) is 0 Å². The van der Waals surface area contributed by atoms with Gasteiger partial charge in [-0.05, 0) is 38.3 Å². The Kier molecular flexibility index (Phi) is 9.76. The predicted molar refractivity (Wildman–Crippen MR) is 95.9 cm³/mol. The Bertz CT molecular complexity index is 409. The smallest absolute Gasteiger partial charge is 0.189 e. The third-order valence-electron chi connectivity index (χ3n) is 2.28. The highest BCUT2D eigenvalue weighted by molar-refractivity contribution is 7.80. The SMILES string of the molecule is CCOC(C)C(/C=N/NC(=S)N(C)C)=NNC(=S)N(C)C. The van der Waals surface area contributed by atoms with E-state index in [2.05, 4.69) is 21.1 Å². The molecule has 0 aliphatic carbocycles. The molecule has 2 N–H and O–H groups in total. The Balaban J connectivity index is 4.81. The number of hydrogen-bond donors (Lipinski definition) is 2. The molecule has 1 atom stereocenters. The first-order chi connectivity index (χ1) is 9.79. The summed E-state index contributed by atoms with van der Waals surface area (Å²) in [5, 5.41) is 9.28. The van der Waals surface area contributed by atoms with Crippen LogP contribution >= 0.6 is 24.4 Å². The van der Waals surface area contributed by atoms with Crippen molar-refractivity contribution >= 4 is 46.6 Å². The van der Waals surface area contributed by atoms with Crippen molar-refractivity contribution in [2.45, 2.75) is 20.0 Å². The summed E-state index contributed by atoms with van der Waals surface area (Å²) >= 11 is 10.2. The van der Waals surface area contributed by atoms with Gasteiger partial charge in [0.2, 0.25) is 0 Å². The van der Waals surface area contributed by atoms with E-state index >= 15 is 0 Å². The molecule has 0 aliphatic rings. The monoisotopic (exact) mass is 332 g/mol. The van der Waals surface area contributed by atoms with Crippen LogP contribution in [-0.4, -0.2) is 72.9 Å². The molecule has 0 aromatic rings. The second kappa shape index (κ2) is 10.4. The number of hydrogen-bond acceptors (Lipinski definition) is 5. The van der Waals surface area contributed by atoms with Gasteiger partial charge in [0.15, 0.2) is 10.2 Å². The van der Waals surface area contributed by atoms with E-state index in [1.165, 1.54) is 0 Å². The first-order valence-corrected chi connectivity index (χ1v) is 7.28. The van der Waals surface area contributed by atoms with E-state index in [1.807, 2.05) is 42.0 Å². The van der Waals surface area contributed by atoms with E-state index in [0.717, 1.165) is 0 Å². The largest absolute Gasteiger partial charge is 0.372 e. The molecule has 0 radical (unpaired) electrons. The Morgan fingerprint density at radius 3 is 2.14 bits per heavy atom. The molecule has 0 aromatic carbocycles. The lowest BCUT2D eigenvalue weighted by Crippen LogP contribution is -2.34. The molecule has 9 heteroatoms. The van der Waals surface area contributed by atoms with Gasteiger partial charge in [-0.25, -0.2) is 0 Å². The molecule has 0 aliphatic heterocycles. The summed E-state index contributed by atoms with van der Waals surface area (Å²) in [7, 11) is 7.34. The average molecular weight is 332 g/mol. The molecular weight excluding hydrogens is 308 g/mol. The van der Waals surface area contributed by atoms with Crippen LogP contribution < -0.4 is 10.9 Å². The number of nitrogens with zero attached hydrogens (tertiary/aromatic N) is 4. The maximum absolute atomic E-state index is 5.51. The fourth-order valence-electron chi connectivity index (χ4n) is 1.03. The molecule has 0 aromatic heterocycles. The van der Waals surface area contributed by atoms with E-state index in [0.29, 0.717) is 22.5 Å². The van der Waals surface area contributed by atoms with Crippen LogP contribution in [0.15, 0.2) is 10.2 Å². The summed E-state index contributed by atoms with van der Waals surface area (Å²) in [4.78, 5) is 3.49. The van der Waals surface area contributed by atoms with Crippen molar-refractivity contribution in [3.05, 3.63) is 0 Å². The molecule has 0 bridgehead atoms. The van der Waals surface area contributed by atoms with Crippen molar-refractivity contribution < 1.29 is 4.74 Å². The molecule has 1 unspecified atom stereocenters. The average Bonchev–Trinajstić information content (AvgIpc) is 2.41. The highest BCUT2D eigenvalue weighted by Gasteiger charge is 2.09. The predicted octanol–water partition coefficient (Wildman–Crippen LogP) is 0.625. The van der Waals surface area contributed by atoms with E-state index in [-0.39, 0.29) is 6.10 Å². The Labute approximate surface area is 137 Å². The fourth-order valence-corrected chi connectivity index (χ4v) is 1.12. The molecular formula is C12H24N6OS2. The normalized spacial score (nSPS) is 13.0. The number of rotatable bonds is 6. The molecule has 0 saturated heterocycles. The summed E-state index contributed by atoms with van der Waals surface area (Å²) < 4.78 is 5.51. The van der Waals surface area contributed by atoms with Gasteiger partial charge in [-0.2, -0.15) is 10.2 Å². The first-order valence-electron chi connectivity index (χ1n) is 6.46. The lowest BCUT2D eigenvalue weighted by molar-refractivity contribution is 0.123. The Morgan fingerprint density at radius 1 is 1.14 bits per heavy atom. The zero-order valence-electron chi connectivity index (χ0n) is 13.4. The highest BCUT2D eigenvalue weighted by Crippen LogP contribution is 1.94. The zero-order chi connectivity index (χ0) is 16.4. The zero-order valence-corrected chi connectivity index (χ0v) is 15.0. The lowest BCUT2D eigenvalue weighted by Gasteiger charge is -2.15. The van der Waals surface area contributed by atoms with Gasteiger partial charge in [-0.1, -0.05) is 0 Å². The van der Waals surface area contributed by atoms with Crippen LogP contribution in [0.1, 0.15) is 13.8 Å². The van der Waals surface area contributed by atoms with Crippen LogP contribution in [-0.2, 0) is 4.74 Å². The molecule has 0 spiro atoms. The standard InChI is InChI=1S/C12H24N6OS2/c1-7-19-9(2)10(14-16-12(21)18(5)6)8-13-15-11(20)17(3)4/h8-9H,7H2,1-6H3,(H,15,20)(H,16,21)/b13-8+,14-10?. The van der Waals surface area contributed by atoms with Gasteiger partial charge in [-0.3, -0.25) is 10.9 Å². The van der Waals surface area contributed by atoms with Crippen molar-refractivity contribution in [2.24, 2.45) is 10.2 Å². The minimum Gasteiger partial charge on any atom is -0.372 e. The maximum atomic E-state index is 5.51. The quantitative estimate of drug-likeness (QED) is 0.420. The van der Waals surface area contributed by atoms with Crippen molar-refractivity contribution in [2.75, 3.05) is 34.8 Å². The van der Waals surface area contributed by atoms with Gasteiger partial charge < -0.3 is 14.5 Å². The second-order valence-corrected chi connectivity index (χ2v) is 5.29. The van der Waals surface area contributed by atoms with Gasteiger partial charge in [0.05, 0.1) is 6.21 Å². The molecule has 7 nitrogen and oxygen atoms in total. The first kappa shape index (κ1) is 19.7. The lowest BCUT2D eigenvalue weighted by atomic mass is 10.2. The van der Waals surface area contributed by atoms with Crippen LogP contribution in [0, 0.1) is 0 Å². The third-order valence-corrected chi connectivity index (χ3v) is 3.20. The molecule has 0 heterocycles. The van der Waals surface area contributed by atoms with Crippen LogP contribution in [0.2, 0.25) is 0 Å². The van der Waals surface area contributed by atoms with Crippen LogP contribution in [0.3, 0.4) is 0 Å². The molecule has 0 amide bonds. The molecule has 0 rings (SSSR count). The Hall–Kier alpha value is -1.32. The molecule has 0 saturated carbocycles. The fraction of sp³-hybridized carbons (Fsp3) is 0.667. The topological polar surface area (TPSA) is 64.5 Å². The summed E-state index contributed by atoms with van der Waals surface area (Å²) in [5.41, 5.74) is 6.13. The maximum Gasteiger partial charge on any atom is 0.189 e. The summed E-state index contributed by atoms with van der Waals surface area (Å²) in [6.45, 7) is 4.39. The van der Waals surface area contributed by atoms with Gasteiger partial charge in [0.1, 0.15) is 11.8 Å². The van der Waals surface area contributed by atoms with Gasteiger partial charge in [-0.15, -0.1) is 0 Å². The summed E-state index contributed by atoms with van der Waals surface area (Å²) in [5.74, 6) is 0. The van der Waals surface area contributed by atoms with Crippen LogP contribution in [0.25, 0.3) is 0 Å². The van der Waals surface area contributed by atoms with E-state index < -0.39 is 0 Å². The summed E-state index contributed by atoms with van der Waals surface area (Å²) in [6, 6.07) is 0. The highest BCUT2D eigenvalue weighted by atomic mass is 32.1. The minimum atomic E-state index is -0.217. The van der Waals surface area contributed by atoms with Gasteiger partial charge in [0.25, 0.3) is 0 Å². The van der Waals surface area contributed by atoms with Gasteiger partial charge in [0, 0.05) is 34.8 Å². The molecule has 0 fully saturated rings. The number of ether oxygens (including phenoxy) is 1. The Morgan fingerprint density at radius 2 is 1.67 bits per heavy atom.